The van der Waals surface area contributed by atoms with Gasteiger partial charge in [-0.05, 0) is 24.3 Å². The first-order valence-electron chi connectivity index (χ1n) is 5.25. The van der Waals surface area contributed by atoms with E-state index < -0.39 is 0 Å². The number of hydrogen-bond donors (Lipinski definition) is 0. The van der Waals surface area contributed by atoms with Crippen LogP contribution in [-0.4, -0.2) is 12.2 Å². The van der Waals surface area contributed by atoms with E-state index in [9.17, 15) is 4.79 Å². The average molecular weight is 244 g/mol. The number of thioether (sulfide) groups is 1. The predicted octanol–water partition coefficient (Wildman–Crippen LogP) is 3.63. The number of aldehydes is 1. The summed E-state index contributed by atoms with van der Waals surface area (Å²) in [6, 6.07) is 17.2. The van der Waals surface area contributed by atoms with E-state index in [2.05, 4.69) is 0 Å². The molecule has 17 heavy (non-hydrogen) atoms. The Morgan fingerprint density at radius 1 is 1.00 bits per heavy atom. The molecule has 86 valence electrons. The second-order valence-electron chi connectivity index (χ2n) is 3.38. The smallest absolute Gasteiger partial charge is 0.153 e. The summed E-state index contributed by atoms with van der Waals surface area (Å²) in [6.07, 6.45) is 0.808. The van der Waals surface area contributed by atoms with E-state index in [1.54, 1.807) is 23.9 Å². The van der Waals surface area contributed by atoms with E-state index in [0.717, 1.165) is 11.2 Å². The third kappa shape index (κ3) is 3.36. The lowest BCUT2D eigenvalue weighted by Gasteiger charge is -2.07. The summed E-state index contributed by atoms with van der Waals surface area (Å²) in [5.41, 5.74) is 0.584. The van der Waals surface area contributed by atoms with Gasteiger partial charge in [0.1, 0.15) is 11.7 Å². The summed E-state index contributed by atoms with van der Waals surface area (Å²) in [7, 11) is 0. The Labute approximate surface area is 105 Å². The Morgan fingerprint density at radius 3 is 2.47 bits per heavy atom. The highest BCUT2D eigenvalue weighted by molar-refractivity contribution is 7.99. The van der Waals surface area contributed by atoms with Crippen molar-refractivity contribution in [3.05, 3.63) is 60.2 Å². The van der Waals surface area contributed by atoms with Crippen molar-refractivity contribution in [3.63, 3.8) is 0 Å². The van der Waals surface area contributed by atoms with Gasteiger partial charge in [0.05, 0.1) is 5.56 Å². The van der Waals surface area contributed by atoms with Gasteiger partial charge in [0, 0.05) is 4.90 Å². The zero-order valence-electron chi connectivity index (χ0n) is 9.21. The van der Waals surface area contributed by atoms with Crippen molar-refractivity contribution < 1.29 is 9.53 Å². The van der Waals surface area contributed by atoms with E-state index in [1.807, 2.05) is 42.5 Å². The van der Waals surface area contributed by atoms with Gasteiger partial charge in [-0.25, -0.2) is 0 Å². The molecule has 0 unspecified atom stereocenters. The standard InChI is InChI=1S/C14H12O2S/c15-10-12-6-4-5-9-14(12)16-11-17-13-7-2-1-3-8-13/h1-10H,11H2. The van der Waals surface area contributed by atoms with Crippen LogP contribution in [0.2, 0.25) is 0 Å². The zero-order valence-corrected chi connectivity index (χ0v) is 10.0. The van der Waals surface area contributed by atoms with E-state index in [-0.39, 0.29) is 0 Å². The minimum atomic E-state index is 0.495. The molecule has 0 amide bonds. The molecule has 2 aromatic carbocycles. The third-order valence-electron chi connectivity index (χ3n) is 2.23. The quantitative estimate of drug-likeness (QED) is 0.456. The van der Waals surface area contributed by atoms with Crippen molar-refractivity contribution >= 4 is 18.0 Å². The molecular weight excluding hydrogens is 232 g/mol. The van der Waals surface area contributed by atoms with Crippen LogP contribution in [0.25, 0.3) is 0 Å². The van der Waals surface area contributed by atoms with Crippen LogP contribution in [-0.2, 0) is 0 Å². The first kappa shape index (κ1) is 11.7. The maximum Gasteiger partial charge on any atom is 0.153 e. The van der Waals surface area contributed by atoms with Crippen molar-refractivity contribution in [1.29, 1.82) is 0 Å². The topological polar surface area (TPSA) is 26.3 Å². The van der Waals surface area contributed by atoms with Gasteiger partial charge >= 0.3 is 0 Å². The van der Waals surface area contributed by atoms with Gasteiger partial charge in [-0.2, -0.15) is 0 Å². The first-order valence-corrected chi connectivity index (χ1v) is 6.23. The van der Waals surface area contributed by atoms with E-state index >= 15 is 0 Å². The molecule has 3 heteroatoms. The number of hydrogen-bond acceptors (Lipinski definition) is 3. The summed E-state index contributed by atoms with van der Waals surface area (Å²) < 4.78 is 5.56. The minimum Gasteiger partial charge on any atom is -0.482 e. The van der Waals surface area contributed by atoms with Crippen LogP contribution in [0.1, 0.15) is 10.4 Å². The van der Waals surface area contributed by atoms with Crippen LogP contribution >= 0.6 is 11.8 Å². The molecule has 0 heterocycles. The maximum atomic E-state index is 10.8. The second-order valence-corrected chi connectivity index (χ2v) is 4.37. The molecule has 2 rings (SSSR count). The van der Waals surface area contributed by atoms with E-state index in [1.165, 1.54) is 0 Å². The lowest BCUT2D eigenvalue weighted by molar-refractivity contribution is 0.112. The molecule has 0 saturated heterocycles. The Kier molecular flexibility index (Phi) is 4.22. The van der Waals surface area contributed by atoms with Gasteiger partial charge in [-0.15, -0.1) is 0 Å². The molecule has 0 aliphatic rings. The van der Waals surface area contributed by atoms with E-state index in [0.29, 0.717) is 17.3 Å². The number of ether oxygens (including phenoxy) is 1. The van der Waals surface area contributed by atoms with E-state index in [4.69, 9.17) is 4.74 Å². The van der Waals surface area contributed by atoms with Crippen molar-refractivity contribution in [2.75, 3.05) is 5.94 Å². The lowest BCUT2D eigenvalue weighted by Crippen LogP contribution is -1.95. The summed E-state index contributed by atoms with van der Waals surface area (Å²) in [5.74, 6) is 1.13. The molecular formula is C14H12O2S. The highest BCUT2D eigenvalue weighted by Gasteiger charge is 2.01. The molecule has 2 aromatic rings. The van der Waals surface area contributed by atoms with Gasteiger partial charge in [0.25, 0.3) is 0 Å². The summed E-state index contributed by atoms with van der Waals surface area (Å²) in [4.78, 5) is 11.9. The summed E-state index contributed by atoms with van der Waals surface area (Å²) in [6.45, 7) is 0. The number of carbonyl (C=O) groups excluding carboxylic acids is 1. The van der Waals surface area contributed by atoms with Gasteiger partial charge < -0.3 is 4.74 Å². The zero-order chi connectivity index (χ0) is 11.9. The molecule has 0 spiro atoms. The highest BCUT2D eigenvalue weighted by atomic mass is 32.2. The molecule has 0 saturated carbocycles. The predicted molar refractivity (Wildman–Crippen MR) is 69.6 cm³/mol. The molecule has 0 atom stereocenters. The molecule has 2 nitrogen and oxygen atoms in total. The molecule has 0 aromatic heterocycles. The van der Waals surface area contributed by atoms with Crippen LogP contribution < -0.4 is 4.74 Å². The monoisotopic (exact) mass is 244 g/mol. The number of para-hydroxylation sites is 1. The molecule has 0 fully saturated rings. The fourth-order valence-electron chi connectivity index (χ4n) is 1.39. The van der Waals surface area contributed by atoms with Gasteiger partial charge in [-0.3, -0.25) is 4.79 Å². The Balaban J connectivity index is 1.92. The van der Waals surface area contributed by atoms with Crippen molar-refractivity contribution in [2.24, 2.45) is 0 Å². The number of carbonyl (C=O) groups is 1. The molecule has 0 aliphatic carbocycles. The number of rotatable bonds is 5. The fraction of sp³-hybridized carbons (Fsp3) is 0.0714. The van der Waals surface area contributed by atoms with Crippen LogP contribution in [0.5, 0.6) is 5.75 Å². The van der Waals surface area contributed by atoms with Crippen LogP contribution in [0.15, 0.2) is 59.5 Å². The molecule has 0 aliphatic heterocycles. The largest absolute Gasteiger partial charge is 0.482 e. The molecule has 0 N–H and O–H groups in total. The molecule has 0 radical (unpaired) electrons. The van der Waals surface area contributed by atoms with Crippen LogP contribution in [0.3, 0.4) is 0 Å². The van der Waals surface area contributed by atoms with Crippen molar-refractivity contribution in [3.8, 4) is 5.75 Å². The SMILES string of the molecule is O=Cc1ccccc1OCSc1ccccc1. The maximum absolute atomic E-state index is 10.8. The minimum absolute atomic E-state index is 0.495. The first-order chi connectivity index (χ1) is 8.40. The Bertz CT molecular complexity index is 483. The van der Waals surface area contributed by atoms with Crippen LogP contribution in [0.4, 0.5) is 0 Å². The number of benzene rings is 2. The summed E-state index contributed by atoms with van der Waals surface area (Å²) in [5, 5.41) is 0. The summed E-state index contributed by atoms with van der Waals surface area (Å²) >= 11 is 1.60. The van der Waals surface area contributed by atoms with Crippen molar-refractivity contribution in [2.45, 2.75) is 4.90 Å². The molecule has 0 bridgehead atoms. The van der Waals surface area contributed by atoms with Gasteiger partial charge in [0.2, 0.25) is 0 Å². The highest BCUT2D eigenvalue weighted by Crippen LogP contribution is 2.21. The second kappa shape index (κ2) is 6.11. The Morgan fingerprint density at radius 2 is 1.71 bits per heavy atom. The average Bonchev–Trinajstić information content (AvgIpc) is 2.40. The van der Waals surface area contributed by atoms with Gasteiger partial charge in [0.15, 0.2) is 6.29 Å². The van der Waals surface area contributed by atoms with Crippen LogP contribution in [0, 0.1) is 0 Å². The third-order valence-corrected chi connectivity index (χ3v) is 3.07. The van der Waals surface area contributed by atoms with Gasteiger partial charge in [-0.1, -0.05) is 42.1 Å². The fourth-order valence-corrected chi connectivity index (χ4v) is 2.06. The lowest BCUT2D eigenvalue weighted by atomic mass is 10.2. The van der Waals surface area contributed by atoms with Crippen molar-refractivity contribution in [1.82, 2.24) is 0 Å². The Hall–Kier alpha value is -1.74. The normalized spacial score (nSPS) is 9.88.